The lowest BCUT2D eigenvalue weighted by Crippen LogP contribution is -2.45. The smallest absolute Gasteiger partial charge is 0.261 e. The van der Waals surface area contributed by atoms with Crippen LogP contribution in [-0.2, 0) is 28.9 Å². The minimum absolute atomic E-state index is 0.0623. The number of pyridine rings is 1. The molecule has 2 unspecified atom stereocenters. The number of aryl methyl sites for hydroxylation is 2. The number of benzene rings is 3. The third kappa shape index (κ3) is 10.9. The number of ether oxygens (including phenoxy) is 3. The highest BCUT2D eigenvalue weighted by Crippen LogP contribution is 2.39. The summed E-state index contributed by atoms with van der Waals surface area (Å²) in [5.74, 6) is 1.03. The summed E-state index contributed by atoms with van der Waals surface area (Å²) in [4.78, 5) is 41.9. The number of nitrogen functional groups attached to an aromatic ring is 1. The average molecular weight is 756 g/mol. The number of amides is 3. The number of nitrogens with one attached hydrogen (secondary N) is 3. The van der Waals surface area contributed by atoms with Crippen LogP contribution in [0.15, 0.2) is 66.9 Å². The Labute approximate surface area is 321 Å². The summed E-state index contributed by atoms with van der Waals surface area (Å²) < 4.78 is 32.0. The first kappa shape index (κ1) is 40.3. The summed E-state index contributed by atoms with van der Waals surface area (Å²) in [5.41, 5.74) is 10.1. The van der Waals surface area contributed by atoms with E-state index in [1.807, 2.05) is 25.1 Å². The van der Waals surface area contributed by atoms with Gasteiger partial charge < -0.3 is 41.0 Å². The molecule has 0 radical (unpaired) electrons. The molecule has 0 saturated carbocycles. The third-order valence-electron chi connectivity index (χ3n) is 9.29. The minimum atomic E-state index is -0.765. The van der Waals surface area contributed by atoms with Gasteiger partial charge in [0.25, 0.3) is 11.8 Å². The molecular weight excluding hydrogens is 705 g/mol. The largest absolute Gasteiger partial charge is 0.507 e. The monoisotopic (exact) mass is 755 g/mol. The Morgan fingerprint density at radius 1 is 0.982 bits per heavy atom. The normalized spacial score (nSPS) is 13.9. The van der Waals surface area contributed by atoms with E-state index in [4.69, 9.17) is 19.9 Å². The Morgan fingerprint density at radius 3 is 2.44 bits per heavy atom. The number of carbonyl (C=O) groups excluding carboxylic acids is 3. The molecule has 0 spiro atoms. The van der Waals surface area contributed by atoms with Crippen molar-refractivity contribution in [1.29, 1.82) is 0 Å². The Balaban J connectivity index is 1.07. The van der Waals surface area contributed by atoms with Gasteiger partial charge in [-0.05, 0) is 92.1 Å². The van der Waals surface area contributed by atoms with Crippen LogP contribution in [0.1, 0.15) is 73.5 Å². The molecule has 292 valence electrons. The number of phenolic OH excluding ortho intramolecular Hbond substituents is 1. The van der Waals surface area contributed by atoms with Gasteiger partial charge in [0, 0.05) is 42.9 Å². The topological polar surface area (TPSA) is 174 Å². The zero-order chi connectivity index (χ0) is 39.3. The predicted molar refractivity (Wildman–Crippen MR) is 208 cm³/mol. The SMILES string of the molecule is CCCc1c(OCCCOc2cc(O)c(-c3ccc(F)cc3)cc2CC)ccc2c1OC(C(=O)NCCCNC(=O)C(C)NC(=O)c1ccc(N)nc1)CC2. The molecule has 3 amide bonds. The average Bonchev–Trinajstić information content (AvgIpc) is 3.18. The van der Waals surface area contributed by atoms with Crippen molar-refractivity contribution >= 4 is 23.5 Å². The highest BCUT2D eigenvalue weighted by Gasteiger charge is 2.29. The third-order valence-corrected chi connectivity index (χ3v) is 9.29. The van der Waals surface area contributed by atoms with Crippen LogP contribution in [0.4, 0.5) is 10.2 Å². The van der Waals surface area contributed by atoms with E-state index in [9.17, 15) is 23.9 Å². The summed E-state index contributed by atoms with van der Waals surface area (Å²) in [6, 6.07) is 15.7. The fraction of sp³-hybridized carbons (Fsp3) is 0.381. The number of aromatic hydroxyl groups is 1. The van der Waals surface area contributed by atoms with E-state index >= 15 is 0 Å². The Bertz CT molecular complexity index is 1940. The van der Waals surface area contributed by atoms with Gasteiger partial charge in [-0.25, -0.2) is 9.37 Å². The van der Waals surface area contributed by atoms with E-state index in [1.54, 1.807) is 25.1 Å². The molecule has 1 aliphatic heterocycles. The van der Waals surface area contributed by atoms with E-state index in [-0.39, 0.29) is 23.4 Å². The Morgan fingerprint density at radius 2 is 1.73 bits per heavy atom. The Kier molecular flexibility index (Phi) is 14.3. The number of nitrogens with zero attached hydrogens (tertiary/aromatic N) is 1. The van der Waals surface area contributed by atoms with Crippen LogP contribution < -0.4 is 35.9 Å². The molecule has 5 rings (SSSR count). The first-order valence-electron chi connectivity index (χ1n) is 18.8. The van der Waals surface area contributed by atoms with Gasteiger partial charge in [0.2, 0.25) is 5.91 Å². The zero-order valence-corrected chi connectivity index (χ0v) is 31.6. The molecule has 0 fully saturated rings. The Hall–Kier alpha value is -5.85. The van der Waals surface area contributed by atoms with E-state index in [1.165, 1.54) is 30.5 Å². The number of carbonyl (C=O) groups is 3. The number of rotatable bonds is 18. The van der Waals surface area contributed by atoms with Crippen molar-refractivity contribution in [2.24, 2.45) is 0 Å². The molecule has 55 heavy (non-hydrogen) atoms. The lowest BCUT2D eigenvalue weighted by Gasteiger charge is -2.28. The van der Waals surface area contributed by atoms with Crippen molar-refractivity contribution in [2.75, 3.05) is 32.0 Å². The minimum Gasteiger partial charge on any atom is -0.507 e. The van der Waals surface area contributed by atoms with Gasteiger partial charge in [0.05, 0.1) is 18.8 Å². The quantitative estimate of drug-likeness (QED) is 0.0802. The molecule has 12 nitrogen and oxygen atoms in total. The summed E-state index contributed by atoms with van der Waals surface area (Å²) in [7, 11) is 0. The number of hydrogen-bond donors (Lipinski definition) is 5. The summed E-state index contributed by atoms with van der Waals surface area (Å²) in [6.45, 7) is 7.10. The molecule has 6 N–H and O–H groups in total. The van der Waals surface area contributed by atoms with Crippen LogP contribution in [0.5, 0.6) is 23.0 Å². The van der Waals surface area contributed by atoms with Crippen LogP contribution in [0.3, 0.4) is 0 Å². The van der Waals surface area contributed by atoms with Crippen molar-refractivity contribution in [3.63, 3.8) is 0 Å². The maximum absolute atomic E-state index is 13.4. The maximum atomic E-state index is 13.4. The molecular formula is C42H50FN5O7. The maximum Gasteiger partial charge on any atom is 0.261 e. The van der Waals surface area contributed by atoms with E-state index in [0.717, 1.165) is 35.1 Å². The lowest BCUT2D eigenvalue weighted by molar-refractivity contribution is -0.128. The van der Waals surface area contributed by atoms with Gasteiger partial charge in [-0.2, -0.15) is 0 Å². The van der Waals surface area contributed by atoms with Crippen molar-refractivity contribution < 1.29 is 38.1 Å². The summed E-state index contributed by atoms with van der Waals surface area (Å²) >= 11 is 0. The number of anilines is 1. The summed E-state index contributed by atoms with van der Waals surface area (Å²) in [6.07, 6.45) is 5.29. The zero-order valence-electron chi connectivity index (χ0n) is 31.6. The first-order chi connectivity index (χ1) is 26.6. The second kappa shape index (κ2) is 19.5. The van der Waals surface area contributed by atoms with E-state index in [0.29, 0.717) is 92.6 Å². The number of hydrogen-bond acceptors (Lipinski definition) is 9. The molecule has 2 atom stereocenters. The number of phenols is 1. The molecule has 3 aromatic carbocycles. The second-order valence-electron chi connectivity index (χ2n) is 13.4. The van der Waals surface area contributed by atoms with Crippen molar-refractivity contribution in [1.82, 2.24) is 20.9 Å². The van der Waals surface area contributed by atoms with Crippen LogP contribution >= 0.6 is 0 Å². The van der Waals surface area contributed by atoms with Crippen LogP contribution in [-0.4, -0.2) is 66.3 Å². The molecule has 0 saturated heterocycles. The molecule has 13 heteroatoms. The second-order valence-corrected chi connectivity index (χ2v) is 13.4. The molecule has 4 aromatic rings. The molecule has 0 bridgehead atoms. The number of nitrogens with two attached hydrogens (primary N) is 1. The highest BCUT2D eigenvalue weighted by molar-refractivity contribution is 5.97. The van der Waals surface area contributed by atoms with Gasteiger partial charge in [0.1, 0.15) is 40.7 Å². The van der Waals surface area contributed by atoms with Crippen molar-refractivity contribution in [2.45, 2.75) is 77.9 Å². The molecule has 0 aliphatic carbocycles. The van der Waals surface area contributed by atoms with Crippen molar-refractivity contribution in [3.8, 4) is 34.1 Å². The lowest BCUT2D eigenvalue weighted by atomic mass is 9.96. The van der Waals surface area contributed by atoms with Crippen molar-refractivity contribution in [3.05, 3.63) is 94.9 Å². The van der Waals surface area contributed by atoms with Gasteiger partial charge in [-0.15, -0.1) is 0 Å². The molecule has 1 aliphatic rings. The van der Waals surface area contributed by atoms with Gasteiger partial charge in [-0.1, -0.05) is 38.5 Å². The van der Waals surface area contributed by atoms with Crippen LogP contribution in [0.2, 0.25) is 0 Å². The molecule has 2 heterocycles. The number of aromatic nitrogens is 1. The molecule has 1 aromatic heterocycles. The van der Waals surface area contributed by atoms with E-state index in [2.05, 4.69) is 27.9 Å². The number of halogens is 1. The predicted octanol–water partition coefficient (Wildman–Crippen LogP) is 5.67. The van der Waals surface area contributed by atoms with Crippen LogP contribution in [0, 0.1) is 5.82 Å². The highest BCUT2D eigenvalue weighted by atomic mass is 19.1. The first-order valence-corrected chi connectivity index (χ1v) is 18.8. The number of fused-ring (bicyclic) bond motifs is 1. The van der Waals surface area contributed by atoms with Gasteiger partial charge in [0.15, 0.2) is 6.10 Å². The van der Waals surface area contributed by atoms with Gasteiger partial charge >= 0.3 is 0 Å². The summed E-state index contributed by atoms with van der Waals surface area (Å²) in [5, 5.41) is 19.0. The fourth-order valence-electron chi connectivity index (χ4n) is 6.27. The van der Waals surface area contributed by atoms with Crippen LogP contribution in [0.25, 0.3) is 11.1 Å². The van der Waals surface area contributed by atoms with E-state index < -0.39 is 18.1 Å². The standard InChI is InChI=1S/C42H50FN5O7/c1-4-8-32-35(53-21-7-22-54-37-24-34(49)33(23-27(37)5-2)28-9-14-31(43)15-10-28)16-11-29-12-17-36(55-39(29)32)42(52)46-20-6-19-45-40(50)26(3)48-41(51)30-13-18-38(44)47-25-30/h9-11,13-16,18,23-26,36,49H,4-8,12,17,19-22H2,1-3H3,(H2,44,47)(H,45,50)(H,46,52)(H,48,51). The van der Waals surface area contributed by atoms with Gasteiger partial charge in [-0.3, -0.25) is 14.4 Å². The fourth-order valence-corrected chi connectivity index (χ4v) is 6.27.